The van der Waals surface area contributed by atoms with Gasteiger partial charge in [-0.25, -0.2) is 0 Å². The van der Waals surface area contributed by atoms with Crippen LogP contribution in [0.1, 0.15) is 24.8 Å². The van der Waals surface area contributed by atoms with Gasteiger partial charge in [0.1, 0.15) is 6.61 Å². The number of nitrogens with two attached hydrogens (primary N) is 1. The highest BCUT2D eigenvalue weighted by molar-refractivity contribution is 6.30. The largest absolute Gasteiger partial charge is 0.461 e. The van der Waals surface area contributed by atoms with Gasteiger partial charge in [0.25, 0.3) is 0 Å². The van der Waals surface area contributed by atoms with Crippen LogP contribution < -0.4 is 5.73 Å². The molecule has 3 nitrogen and oxygen atoms in total. The van der Waals surface area contributed by atoms with E-state index in [0.29, 0.717) is 24.1 Å². The Morgan fingerprint density at radius 2 is 2.06 bits per heavy atom. The minimum Gasteiger partial charge on any atom is -0.461 e. The maximum absolute atomic E-state index is 12.0. The van der Waals surface area contributed by atoms with Crippen molar-refractivity contribution in [2.24, 2.45) is 17.6 Å². The summed E-state index contributed by atoms with van der Waals surface area (Å²) in [4.78, 5) is 12.0. The molecule has 1 fully saturated rings. The molecule has 2 rings (SSSR count). The SMILES string of the molecule is NCC1CCCC1C(=O)OCc1ccc(Cl)cc1. The van der Waals surface area contributed by atoms with Crippen LogP contribution in [-0.2, 0) is 16.1 Å². The quantitative estimate of drug-likeness (QED) is 0.854. The molecule has 18 heavy (non-hydrogen) atoms. The minimum absolute atomic E-state index is 0.0118. The molecule has 0 amide bonds. The number of rotatable bonds is 4. The lowest BCUT2D eigenvalue weighted by Gasteiger charge is -2.16. The molecular formula is C14H18ClNO2. The van der Waals surface area contributed by atoms with E-state index in [0.717, 1.165) is 24.8 Å². The molecule has 0 aliphatic heterocycles. The van der Waals surface area contributed by atoms with Crippen LogP contribution in [-0.4, -0.2) is 12.5 Å². The van der Waals surface area contributed by atoms with Gasteiger partial charge < -0.3 is 10.5 Å². The molecule has 0 aromatic heterocycles. The van der Waals surface area contributed by atoms with Crippen LogP contribution in [0.2, 0.25) is 5.02 Å². The first-order valence-electron chi connectivity index (χ1n) is 6.32. The zero-order valence-electron chi connectivity index (χ0n) is 10.3. The molecular weight excluding hydrogens is 250 g/mol. The summed E-state index contributed by atoms with van der Waals surface area (Å²) < 4.78 is 5.35. The maximum atomic E-state index is 12.0. The predicted octanol–water partition coefficient (Wildman–Crippen LogP) is 2.76. The van der Waals surface area contributed by atoms with Gasteiger partial charge in [-0.3, -0.25) is 4.79 Å². The Bertz CT molecular complexity index is 405. The zero-order valence-corrected chi connectivity index (χ0v) is 11.0. The van der Waals surface area contributed by atoms with E-state index in [-0.39, 0.29) is 11.9 Å². The van der Waals surface area contributed by atoms with E-state index in [1.807, 2.05) is 12.1 Å². The van der Waals surface area contributed by atoms with Crippen LogP contribution in [0.4, 0.5) is 0 Å². The number of halogens is 1. The van der Waals surface area contributed by atoms with E-state index < -0.39 is 0 Å². The van der Waals surface area contributed by atoms with E-state index in [1.54, 1.807) is 12.1 Å². The molecule has 0 spiro atoms. The van der Waals surface area contributed by atoms with E-state index in [4.69, 9.17) is 22.1 Å². The molecule has 0 radical (unpaired) electrons. The third-order valence-electron chi connectivity index (χ3n) is 3.56. The average molecular weight is 268 g/mol. The molecule has 1 aliphatic rings. The van der Waals surface area contributed by atoms with Gasteiger partial charge in [-0.1, -0.05) is 30.2 Å². The highest BCUT2D eigenvalue weighted by atomic mass is 35.5. The number of carbonyl (C=O) groups excluding carboxylic acids is 1. The first-order valence-corrected chi connectivity index (χ1v) is 6.69. The van der Waals surface area contributed by atoms with Crippen molar-refractivity contribution >= 4 is 17.6 Å². The molecule has 98 valence electrons. The number of ether oxygens (including phenoxy) is 1. The van der Waals surface area contributed by atoms with E-state index in [1.165, 1.54) is 0 Å². The lowest BCUT2D eigenvalue weighted by atomic mass is 9.96. The first-order chi connectivity index (χ1) is 8.70. The third kappa shape index (κ3) is 3.24. The Morgan fingerprint density at radius 1 is 1.33 bits per heavy atom. The van der Waals surface area contributed by atoms with Gasteiger partial charge in [0.05, 0.1) is 5.92 Å². The smallest absolute Gasteiger partial charge is 0.309 e. The van der Waals surface area contributed by atoms with Crippen molar-refractivity contribution in [1.82, 2.24) is 0 Å². The summed E-state index contributed by atoms with van der Waals surface area (Å²) >= 11 is 5.79. The van der Waals surface area contributed by atoms with Gasteiger partial charge >= 0.3 is 5.97 Å². The fourth-order valence-electron chi connectivity index (χ4n) is 2.47. The first kappa shape index (κ1) is 13.4. The van der Waals surface area contributed by atoms with E-state index in [9.17, 15) is 4.79 Å². The molecule has 0 heterocycles. The Labute approximate surface area is 112 Å². The Kier molecular flexibility index (Phi) is 4.61. The minimum atomic E-state index is -0.113. The van der Waals surface area contributed by atoms with Crippen molar-refractivity contribution in [3.8, 4) is 0 Å². The molecule has 2 N–H and O–H groups in total. The third-order valence-corrected chi connectivity index (χ3v) is 3.81. The molecule has 1 saturated carbocycles. The molecule has 0 bridgehead atoms. The average Bonchev–Trinajstić information content (AvgIpc) is 2.86. The summed E-state index contributed by atoms with van der Waals surface area (Å²) in [6.45, 7) is 0.879. The second kappa shape index (κ2) is 6.21. The molecule has 1 aliphatic carbocycles. The summed E-state index contributed by atoms with van der Waals surface area (Å²) in [7, 11) is 0. The van der Waals surface area contributed by atoms with Crippen molar-refractivity contribution in [3.63, 3.8) is 0 Å². The normalized spacial score (nSPS) is 23.0. The highest BCUT2D eigenvalue weighted by Crippen LogP contribution is 2.32. The van der Waals surface area contributed by atoms with Gasteiger partial charge in [0.2, 0.25) is 0 Å². The van der Waals surface area contributed by atoms with Crippen LogP contribution in [0, 0.1) is 11.8 Å². The molecule has 1 aromatic rings. The molecule has 2 atom stereocenters. The van der Waals surface area contributed by atoms with Gasteiger partial charge in [0, 0.05) is 5.02 Å². The summed E-state index contributed by atoms with van der Waals surface area (Å²) in [5, 5.41) is 0.684. The van der Waals surface area contributed by atoms with E-state index in [2.05, 4.69) is 0 Å². The Balaban J connectivity index is 1.86. The van der Waals surface area contributed by atoms with Crippen molar-refractivity contribution in [2.75, 3.05) is 6.54 Å². The highest BCUT2D eigenvalue weighted by Gasteiger charge is 2.33. The number of carbonyl (C=O) groups is 1. The van der Waals surface area contributed by atoms with Crippen molar-refractivity contribution in [3.05, 3.63) is 34.9 Å². The standard InChI is InChI=1S/C14H18ClNO2/c15-12-6-4-10(5-7-12)9-18-14(17)13-3-1-2-11(13)8-16/h4-7,11,13H,1-3,8-9,16H2. The molecule has 0 saturated heterocycles. The van der Waals surface area contributed by atoms with Crippen LogP contribution >= 0.6 is 11.6 Å². The summed E-state index contributed by atoms with van der Waals surface area (Å²) in [5.74, 6) is 0.169. The number of benzene rings is 1. The second-order valence-electron chi connectivity index (χ2n) is 4.77. The van der Waals surface area contributed by atoms with Gasteiger partial charge in [-0.15, -0.1) is 0 Å². The number of hydrogen-bond acceptors (Lipinski definition) is 3. The zero-order chi connectivity index (χ0) is 13.0. The fourth-order valence-corrected chi connectivity index (χ4v) is 2.60. The van der Waals surface area contributed by atoms with Crippen LogP contribution in [0.5, 0.6) is 0 Å². The predicted molar refractivity (Wildman–Crippen MR) is 71.1 cm³/mol. The van der Waals surface area contributed by atoms with Crippen LogP contribution in [0.15, 0.2) is 24.3 Å². The van der Waals surface area contributed by atoms with Crippen molar-refractivity contribution in [1.29, 1.82) is 0 Å². The summed E-state index contributed by atoms with van der Waals surface area (Å²) in [5.41, 5.74) is 6.62. The van der Waals surface area contributed by atoms with Crippen LogP contribution in [0.3, 0.4) is 0 Å². The van der Waals surface area contributed by atoms with Crippen LogP contribution in [0.25, 0.3) is 0 Å². The molecule has 1 aromatic carbocycles. The Morgan fingerprint density at radius 3 is 2.72 bits per heavy atom. The monoisotopic (exact) mass is 267 g/mol. The topological polar surface area (TPSA) is 52.3 Å². The Hall–Kier alpha value is -1.06. The molecule has 2 unspecified atom stereocenters. The summed E-state index contributed by atoms with van der Waals surface area (Å²) in [6.07, 6.45) is 3.01. The lowest BCUT2D eigenvalue weighted by molar-refractivity contribution is -0.151. The summed E-state index contributed by atoms with van der Waals surface area (Å²) in [6, 6.07) is 7.32. The molecule has 4 heteroatoms. The number of esters is 1. The lowest BCUT2D eigenvalue weighted by Crippen LogP contribution is -2.26. The van der Waals surface area contributed by atoms with Gasteiger partial charge in [0.15, 0.2) is 0 Å². The van der Waals surface area contributed by atoms with Crippen molar-refractivity contribution in [2.45, 2.75) is 25.9 Å². The maximum Gasteiger partial charge on any atom is 0.309 e. The fraction of sp³-hybridized carbons (Fsp3) is 0.500. The number of hydrogen-bond donors (Lipinski definition) is 1. The second-order valence-corrected chi connectivity index (χ2v) is 5.20. The van der Waals surface area contributed by atoms with E-state index >= 15 is 0 Å². The van der Waals surface area contributed by atoms with Crippen molar-refractivity contribution < 1.29 is 9.53 Å². The van der Waals surface area contributed by atoms with Gasteiger partial charge in [-0.2, -0.15) is 0 Å². The van der Waals surface area contributed by atoms with Gasteiger partial charge in [-0.05, 0) is 43.0 Å².